The van der Waals surface area contributed by atoms with Crippen LogP contribution in [0.3, 0.4) is 0 Å². The number of para-hydroxylation sites is 1. The number of rotatable bonds is 6. The average Bonchev–Trinajstić information content (AvgIpc) is 2.49. The van der Waals surface area contributed by atoms with Crippen molar-refractivity contribution in [2.45, 2.75) is 38.6 Å². The molecule has 0 spiro atoms. The fraction of sp³-hybridized carbons (Fsp3) is 0.625. The number of halogens is 4. The molecule has 132 valence electrons. The number of piperazine rings is 1. The van der Waals surface area contributed by atoms with Crippen molar-refractivity contribution in [3.8, 4) is 5.75 Å². The third-order valence-electron chi connectivity index (χ3n) is 3.93. The largest absolute Gasteiger partial charge is 0.573 e. The fourth-order valence-corrected chi connectivity index (χ4v) is 2.90. The lowest BCUT2D eigenvalue weighted by molar-refractivity contribution is -0.275. The van der Waals surface area contributed by atoms with Crippen molar-refractivity contribution in [2.75, 3.05) is 26.2 Å². The smallest absolute Gasteiger partial charge is 0.405 e. The lowest BCUT2D eigenvalue weighted by Gasteiger charge is -2.36. The van der Waals surface area contributed by atoms with E-state index in [9.17, 15) is 13.2 Å². The number of benzene rings is 1. The molecule has 0 unspecified atom stereocenters. The van der Waals surface area contributed by atoms with Crippen molar-refractivity contribution in [1.29, 1.82) is 0 Å². The van der Waals surface area contributed by atoms with Crippen molar-refractivity contribution in [3.63, 3.8) is 0 Å². The summed E-state index contributed by atoms with van der Waals surface area (Å²) < 4.78 is 42.1. The van der Waals surface area contributed by atoms with E-state index < -0.39 is 6.36 Å². The zero-order valence-corrected chi connectivity index (χ0v) is 14.1. The van der Waals surface area contributed by atoms with E-state index >= 15 is 0 Å². The maximum atomic E-state index is 12.6. The van der Waals surface area contributed by atoms with Gasteiger partial charge in [0.15, 0.2) is 0 Å². The monoisotopic (exact) mass is 352 g/mol. The van der Waals surface area contributed by atoms with Gasteiger partial charge in [0.25, 0.3) is 0 Å². The number of hydrogen-bond donors (Lipinski definition) is 1. The highest BCUT2D eigenvalue weighted by molar-refractivity contribution is 5.85. The normalized spacial score (nSPS) is 17.4. The molecule has 1 heterocycles. The lowest BCUT2D eigenvalue weighted by Crippen LogP contribution is -2.45. The molecule has 0 bridgehead atoms. The number of nitrogens with zero attached hydrogens (tertiary/aromatic N) is 1. The van der Waals surface area contributed by atoms with Gasteiger partial charge in [0.1, 0.15) is 5.75 Å². The van der Waals surface area contributed by atoms with Crippen LogP contribution in [0.4, 0.5) is 13.2 Å². The Morgan fingerprint density at radius 2 is 1.87 bits per heavy atom. The van der Waals surface area contributed by atoms with Crippen LogP contribution in [-0.4, -0.2) is 37.4 Å². The zero-order chi connectivity index (χ0) is 16.0. The van der Waals surface area contributed by atoms with Gasteiger partial charge < -0.3 is 10.1 Å². The van der Waals surface area contributed by atoms with Crippen LogP contribution in [0.15, 0.2) is 24.3 Å². The van der Waals surface area contributed by atoms with Gasteiger partial charge in [-0.05, 0) is 12.5 Å². The molecule has 23 heavy (non-hydrogen) atoms. The van der Waals surface area contributed by atoms with Crippen LogP contribution in [0.1, 0.15) is 37.8 Å². The van der Waals surface area contributed by atoms with Crippen LogP contribution in [0.25, 0.3) is 0 Å². The highest BCUT2D eigenvalue weighted by Gasteiger charge is 2.33. The number of ether oxygens (including phenoxy) is 1. The van der Waals surface area contributed by atoms with E-state index in [1.54, 1.807) is 18.2 Å². The topological polar surface area (TPSA) is 24.5 Å². The number of nitrogens with one attached hydrogen (secondary N) is 1. The Morgan fingerprint density at radius 1 is 1.22 bits per heavy atom. The quantitative estimate of drug-likeness (QED) is 0.832. The predicted octanol–water partition coefficient (Wildman–Crippen LogP) is 4.14. The first-order chi connectivity index (χ1) is 10.5. The van der Waals surface area contributed by atoms with Crippen LogP contribution in [0, 0.1) is 0 Å². The summed E-state index contributed by atoms with van der Waals surface area (Å²) in [7, 11) is 0. The Balaban J connectivity index is 0.00000264. The van der Waals surface area contributed by atoms with E-state index in [-0.39, 0.29) is 24.2 Å². The van der Waals surface area contributed by atoms with Gasteiger partial charge in [0, 0.05) is 37.8 Å². The summed E-state index contributed by atoms with van der Waals surface area (Å²) in [4.78, 5) is 2.25. The molecule has 0 saturated carbocycles. The van der Waals surface area contributed by atoms with E-state index in [1.165, 1.54) is 6.07 Å². The van der Waals surface area contributed by atoms with Gasteiger partial charge in [0.2, 0.25) is 0 Å². The molecule has 3 nitrogen and oxygen atoms in total. The van der Waals surface area contributed by atoms with Gasteiger partial charge in [-0.2, -0.15) is 0 Å². The fourth-order valence-electron chi connectivity index (χ4n) is 2.90. The molecule has 0 aliphatic carbocycles. The van der Waals surface area contributed by atoms with E-state index in [4.69, 9.17) is 0 Å². The van der Waals surface area contributed by atoms with Crippen LogP contribution < -0.4 is 10.1 Å². The summed E-state index contributed by atoms with van der Waals surface area (Å²) in [6, 6.07) is 6.49. The van der Waals surface area contributed by atoms with Crippen molar-refractivity contribution in [3.05, 3.63) is 29.8 Å². The highest BCUT2D eigenvalue weighted by atomic mass is 35.5. The van der Waals surface area contributed by atoms with Crippen molar-refractivity contribution >= 4 is 12.4 Å². The number of alkyl halides is 3. The Kier molecular flexibility index (Phi) is 8.16. The van der Waals surface area contributed by atoms with Crippen molar-refractivity contribution in [2.24, 2.45) is 0 Å². The zero-order valence-electron chi connectivity index (χ0n) is 13.2. The van der Waals surface area contributed by atoms with Crippen LogP contribution in [0.5, 0.6) is 5.75 Å². The molecule has 1 aliphatic heterocycles. The molecule has 7 heteroatoms. The molecule has 1 N–H and O–H groups in total. The minimum Gasteiger partial charge on any atom is -0.405 e. The van der Waals surface area contributed by atoms with Gasteiger partial charge in [-0.25, -0.2) is 0 Å². The Hall–Kier alpha value is -0.980. The van der Waals surface area contributed by atoms with Crippen LogP contribution in [-0.2, 0) is 0 Å². The van der Waals surface area contributed by atoms with Crippen LogP contribution in [0.2, 0.25) is 0 Å². The molecule has 0 aromatic heterocycles. The van der Waals surface area contributed by atoms with E-state index in [2.05, 4.69) is 21.9 Å². The SMILES string of the molecule is CCCC[C@H](c1ccccc1OC(F)(F)F)N1CCNCC1.Cl. The molecule has 1 saturated heterocycles. The number of hydrogen-bond acceptors (Lipinski definition) is 3. The minimum absolute atomic E-state index is 0. The summed E-state index contributed by atoms with van der Waals surface area (Å²) in [5.74, 6) is -0.0744. The maximum absolute atomic E-state index is 12.6. The Morgan fingerprint density at radius 3 is 2.48 bits per heavy atom. The average molecular weight is 353 g/mol. The predicted molar refractivity (Wildman–Crippen MR) is 87.1 cm³/mol. The molecule has 2 rings (SSSR count). The first-order valence-electron chi connectivity index (χ1n) is 7.80. The van der Waals surface area contributed by atoms with Gasteiger partial charge in [-0.1, -0.05) is 38.0 Å². The van der Waals surface area contributed by atoms with Crippen molar-refractivity contribution in [1.82, 2.24) is 10.2 Å². The van der Waals surface area contributed by atoms with Gasteiger partial charge in [0.05, 0.1) is 0 Å². The number of unbranched alkanes of at least 4 members (excludes halogenated alkanes) is 1. The second-order valence-corrected chi connectivity index (χ2v) is 5.53. The van der Waals surface area contributed by atoms with E-state index in [0.717, 1.165) is 45.4 Å². The lowest BCUT2D eigenvalue weighted by atomic mass is 9.98. The molecule has 0 radical (unpaired) electrons. The summed E-state index contributed by atoms with van der Waals surface area (Å²) in [6.45, 7) is 5.51. The van der Waals surface area contributed by atoms with Crippen molar-refractivity contribution < 1.29 is 17.9 Å². The summed E-state index contributed by atoms with van der Waals surface area (Å²) in [5.41, 5.74) is 0.634. The summed E-state index contributed by atoms with van der Waals surface area (Å²) in [6.07, 6.45) is -1.82. The molecule has 1 aromatic rings. The molecular weight excluding hydrogens is 329 g/mol. The first kappa shape index (κ1) is 20.1. The Labute approximate surface area is 141 Å². The third-order valence-corrected chi connectivity index (χ3v) is 3.93. The second-order valence-electron chi connectivity index (χ2n) is 5.53. The molecule has 0 amide bonds. The maximum Gasteiger partial charge on any atom is 0.573 e. The second kappa shape index (κ2) is 9.35. The van der Waals surface area contributed by atoms with E-state index in [1.807, 2.05) is 0 Å². The van der Waals surface area contributed by atoms with Gasteiger partial charge in [-0.3, -0.25) is 4.90 Å². The molecule has 1 aromatic carbocycles. The molecular formula is C16H24ClF3N2O. The highest BCUT2D eigenvalue weighted by Crippen LogP contribution is 2.35. The third kappa shape index (κ3) is 6.20. The molecule has 1 atom stereocenters. The minimum atomic E-state index is -4.66. The standard InChI is InChI=1S/C16H23F3N2O.ClH/c1-2-3-7-14(21-11-9-20-10-12-21)13-6-4-5-8-15(13)22-16(17,18)19;/h4-6,8,14,20H,2-3,7,9-12H2,1H3;1H/t14-;/m1./s1. The Bertz CT molecular complexity index is 465. The molecule has 1 aliphatic rings. The van der Waals surface area contributed by atoms with Gasteiger partial charge in [-0.15, -0.1) is 25.6 Å². The first-order valence-corrected chi connectivity index (χ1v) is 7.80. The van der Waals surface area contributed by atoms with Gasteiger partial charge >= 0.3 is 6.36 Å². The summed E-state index contributed by atoms with van der Waals surface area (Å²) >= 11 is 0. The van der Waals surface area contributed by atoms with E-state index in [0.29, 0.717) is 5.56 Å². The summed E-state index contributed by atoms with van der Waals surface area (Å²) in [5, 5.41) is 3.28. The van der Waals surface area contributed by atoms with Crippen LogP contribution >= 0.6 is 12.4 Å². The molecule has 1 fully saturated rings.